The average Bonchev–Trinajstić information content (AvgIpc) is 2.14. The maximum Gasteiger partial charge on any atom is 0.315 e. The van der Waals surface area contributed by atoms with E-state index in [9.17, 15) is 4.79 Å². The summed E-state index contributed by atoms with van der Waals surface area (Å²) in [4.78, 5) is 12.3. The van der Waals surface area contributed by atoms with E-state index in [1.807, 2.05) is 0 Å². The van der Waals surface area contributed by atoms with Gasteiger partial charge in [-0.05, 0) is 0 Å². The van der Waals surface area contributed by atoms with Crippen LogP contribution in [0.1, 0.15) is 6.42 Å². The van der Waals surface area contributed by atoms with Gasteiger partial charge in [-0.2, -0.15) is 0 Å². The molecule has 0 amide bonds. The minimum Gasteiger partial charge on any atom is -0.481 e. The first kappa shape index (κ1) is 10.0. The highest BCUT2D eigenvalue weighted by atomic mass is 16.5. The Labute approximate surface area is 77.5 Å². The van der Waals surface area contributed by atoms with Gasteiger partial charge in [0.15, 0.2) is 0 Å². The topological polar surface area (TPSA) is 49.8 Å². The van der Waals surface area contributed by atoms with Crippen LogP contribution < -0.4 is 0 Å². The summed E-state index contributed by atoms with van der Waals surface area (Å²) in [6, 6.07) is 0. The van der Waals surface area contributed by atoms with Gasteiger partial charge < -0.3 is 9.84 Å². The van der Waals surface area contributed by atoms with Gasteiger partial charge in [0.2, 0.25) is 0 Å². The van der Waals surface area contributed by atoms with Crippen LogP contribution in [0.3, 0.4) is 0 Å². The minimum atomic E-state index is -0.866. The van der Waals surface area contributed by atoms with Crippen molar-refractivity contribution in [3.05, 3.63) is 0 Å². The molecule has 0 radical (unpaired) electrons. The predicted molar refractivity (Wildman–Crippen MR) is 47.3 cm³/mol. The maximum atomic E-state index is 10.1. The number of carboxylic acids is 1. The van der Waals surface area contributed by atoms with Crippen molar-refractivity contribution in [2.45, 2.75) is 6.42 Å². The number of aliphatic carboxylic acids is 1. The molecule has 1 aliphatic rings. The number of nitrogens with zero attached hydrogens (tertiary/aromatic N) is 1. The summed E-state index contributed by atoms with van der Waals surface area (Å²) < 4.78 is 5.16. The SMILES string of the molecule is O=C(O)CC#CCN1CCOCC1. The van der Waals surface area contributed by atoms with Gasteiger partial charge in [0.25, 0.3) is 0 Å². The van der Waals surface area contributed by atoms with Crippen LogP contribution in [0.25, 0.3) is 0 Å². The van der Waals surface area contributed by atoms with E-state index in [1.165, 1.54) is 0 Å². The molecule has 0 aromatic rings. The Balaban J connectivity index is 2.15. The molecule has 1 N–H and O–H groups in total. The smallest absolute Gasteiger partial charge is 0.315 e. The molecule has 1 rings (SSSR count). The van der Waals surface area contributed by atoms with Crippen molar-refractivity contribution in [3.8, 4) is 11.8 Å². The van der Waals surface area contributed by atoms with Crippen LogP contribution in [-0.2, 0) is 9.53 Å². The monoisotopic (exact) mass is 183 g/mol. The molecule has 72 valence electrons. The molecule has 0 saturated carbocycles. The third-order valence-electron chi connectivity index (χ3n) is 1.77. The van der Waals surface area contributed by atoms with Crippen LogP contribution >= 0.6 is 0 Å². The Morgan fingerprint density at radius 2 is 2.08 bits per heavy atom. The second-order valence-electron chi connectivity index (χ2n) is 2.81. The average molecular weight is 183 g/mol. The highest BCUT2D eigenvalue weighted by Crippen LogP contribution is 1.94. The van der Waals surface area contributed by atoms with E-state index in [-0.39, 0.29) is 6.42 Å². The van der Waals surface area contributed by atoms with Crippen LogP contribution in [0.15, 0.2) is 0 Å². The molecule has 1 heterocycles. The molecule has 0 aromatic heterocycles. The lowest BCUT2D eigenvalue weighted by molar-refractivity contribution is -0.135. The molecular weight excluding hydrogens is 170 g/mol. The first-order chi connectivity index (χ1) is 6.29. The van der Waals surface area contributed by atoms with E-state index < -0.39 is 5.97 Å². The Hall–Kier alpha value is -1.05. The zero-order valence-electron chi connectivity index (χ0n) is 7.45. The normalized spacial score (nSPS) is 17.5. The highest BCUT2D eigenvalue weighted by Gasteiger charge is 2.07. The molecule has 0 spiro atoms. The van der Waals surface area contributed by atoms with Crippen molar-refractivity contribution in [2.75, 3.05) is 32.8 Å². The van der Waals surface area contributed by atoms with E-state index >= 15 is 0 Å². The van der Waals surface area contributed by atoms with Crippen molar-refractivity contribution in [2.24, 2.45) is 0 Å². The Morgan fingerprint density at radius 1 is 1.38 bits per heavy atom. The second kappa shape index (κ2) is 5.57. The standard InChI is InChI=1S/C9H13NO3/c11-9(12)3-1-2-4-10-5-7-13-8-6-10/h3-8H2,(H,11,12). The van der Waals surface area contributed by atoms with Gasteiger partial charge in [0.05, 0.1) is 19.8 Å². The van der Waals surface area contributed by atoms with E-state index in [1.54, 1.807) is 0 Å². The van der Waals surface area contributed by atoms with Crippen LogP contribution in [0.4, 0.5) is 0 Å². The Bertz CT molecular complexity index is 223. The summed E-state index contributed by atoms with van der Waals surface area (Å²) in [6.07, 6.45) is -0.0651. The van der Waals surface area contributed by atoms with E-state index in [0.29, 0.717) is 6.54 Å². The number of carboxylic acid groups (broad SMARTS) is 1. The van der Waals surface area contributed by atoms with Gasteiger partial charge in [0, 0.05) is 13.1 Å². The van der Waals surface area contributed by atoms with Crippen molar-refractivity contribution in [1.29, 1.82) is 0 Å². The van der Waals surface area contributed by atoms with E-state index in [4.69, 9.17) is 9.84 Å². The third-order valence-corrected chi connectivity index (χ3v) is 1.77. The van der Waals surface area contributed by atoms with Crippen LogP contribution in [0.5, 0.6) is 0 Å². The maximum absolute atomic E-state index is 10.1. The molecule has 13 heavy (non-hydrogen) atoms. The largest absolute Gasteiger partial charge is 0.481 e. The van der Waals surface area contributed by atoms with Crippen molar-refractivity contribution in [3.63, 3.8) is 0 Å². The van der Waals surface area contributed by atoms with Crippen molar-refractivity contribution < 1.29 is 14.6 Å². The predicted octanol–water partition coefficient (Wildman–Crippen LogP) is -0.203. The molecule has 0 bridgehead atoms. The lowest BCUT2D eigenvalue weighted by atomic mass is 10.4. The molecule has 0 unspecified atom stereocenters. The Kier molecular flexibility index (Phi) is 4.30. The molecule has 1 saturated heterocycles. The van der Waals surface area contributed by atoms with Gasteiger partial charge in [0.1, 0.15) is 6.42 Å². The molecule has 1 fully saturated rings. The quantitative estimate of drug-likeness (QED) is 0.602. The summed E-state index contributed by atoms with van der Waals surface area (Å²) in [6.45, 7) is 3.93. The first-order valence-corrected chi connectivity index (χ1v) is 4.26. The number of carbonyl (C=O) groups is 1. The number of hydrogen-bond acceptors (Lipinski definition) is 3. The molecular formula is C9H13NO3. The van der Waals surface area contributed by atoms with Crippen LogP contribution in [-0.4, -0.2) is 48.8 Å². The molecule has 1 aliphatic heterocycles. The summed E-state index contributed by atoms with van der Waals surface area (Å²) >= 11 is 0. The summed E-state index contributed by atoms with van der Waals surface area (Å²) in [5.41, 5.74) is 0. The van der Waals surface area contributed by atoms with Gasteiger partial charge in [-0.1, -0.05) is 11.8 Å². The zero-order chi connectivity index (χ0) is 9.52. The highest BCUT2D eigenvalue weighted by molar-refractivity contribution is 5.69. The third kappa shape index (κ3) is 4.51. The molecule has 0 aliphatic carbocycles. The lowest BCUT2D eigenvalue weighted by Crippen LogP contribution is -2.36. The summed E-state index contributed by atoms with van der Waals surface area (Å²) in [5, 5.41) is 8.31. The van der Waals surface area contributed by atoms with Gasteiger partial charge in [-0.3, -0.25) is 9.69 Å². The second-order valence-corrected chi connectivity index (χ2v) is 2.81. The fourth-order valence-electron chi connectivity index (χ4n) is 1.07. The van der Waals surface area contributed by atoms with Crippen molar-refractivity contribution in [1.82, 2.24) is 4.90 Å². The molecule has 4 heteroatoms. The minimum absolute atomic E-state index is 0.0651. The number of ether oxygens (including phenoxy) is 1. The van der Waals surface area contributed by atoms with Crippen LogP contribution in [0, 0.1) is 11.8 Å². The first-order valence-electron chi connectivity index (χ1n) is 4.26. The number of morpholine rings is 1. The number of hydrogen-bond donors (Lipinski definition) is 1. The fourth-order valence-corrected chi connectivity index (χ4v) is 1.07. The van der Waals surface area contributed by atoms with Crippen molar-refractivity contribution >= 4 is 5.97 Å². The number of rotatable bonds is 2. The van der Waals surface area contributed by atoms with Crippen LogP contribution in [0.2, 0.25) is 0 Å². The Morgan fingerprint density at radius 3 is 2.69 bits per heavy atom. The molecule has 4 nitrogen and oxygen atoms in total. The van der Waals surface area contributed by atoms with E-state index in [2.05, 4.69) is 16.7 Å². The van der Waals surface area contributed by atoms with Gasteiger partial charge in [-0.15, -0.1) is 0 Å². The summed E-state index contributed by atoms with van der Waals surface area (Å²) in [5.74, 6) is 4.56. The summed E-state index contributed by atoms with van der Waals surface area (Å²) in [7, 11) is 0. The fraction of sp³-hybridized carbons (Fsp3) is 0.667. The van der Waals surface area contributed by atoms with Gasteiger partial charge >= 0.3 is 5.97 Å². The lowest BCUT2D eigenvalue weighted by Gasteiger charge is -2.24. The molecule has 0 atom stereocenters. The zero-order valence-corrected chi connectivity index (χ0v) is 7.45. The molecule has 0 aromatic carbocycles. The van der Waals surface area contributed by atoms with Gasteiger partial charge in [-0.25, -0.2) is 0 Å². The van der Waals surface area contributed by atoms with E-state index in [0.717, 1.165) is 26.3 Å².